The summed E-state index contributed by atoms with van der Waals surface area (Å²) in [4.78, 5) is 13.3. The van der Waals surface area contributed by atoms with Gasteiger partial charge in [-0.2, -0.15) is 0 Å². The second-order valence-electron chi connectivity index (χ2n) is 7.38. The average Bonchev–Trinajstić information content (AvgIpc) is 3.16. The maximum atomic E-state index is 13.3. The molecule has 1 amide bonds. The molecular formula is C22H24ClN5O2S. The fraction of sp³-hybridized carbons (Fsp3) is 0.318. The normalized spacial score (nSPS) is 17.5. The largest absolute Gasteiger partial charge is 0.495 e. The van der Waals surface area contributed by atoms with Crippen LogP contribution < -0.4 is 15.5 Å². The van der Waals surface area contributed by atoms with Gasteiger partial charge in [0.25, 0.3) is 0 Å². The van der Waals surface area contributed by atoms with Crippen LogP contribution in [0.1, 0.15) is 36.3 Å². The van der Waals surface area contributed by atoms with E-state index in [4.69, 9.17) is 16.3 Å². The van der Waals surface area contributed by atoms with Crippen molar-refractivity contribution in [2.24, 2.45) is 0 Å². The highest BCUT2D eigenvalue weighted by atomic mass is 35.5. The molecule has 0 radical (unpaired) electrons. The third-order valence-electron chi connectivity index (χ3n) is 5.09. The number of aryl methyl sites for hydroxylation is 2. The van der Waals surface area contributed by atoms with Crippen LogP contribution in [0.2, 0.25) is 5.02 Å². The van der Waals surface area contributed by atoms with E-state index < -0.39 is 5.25 Å². The number of amides is 1. The van der Waals surface area contributed by atoms with Crippen molar-refractivity contribution >= 4 is 35.0 Å². The van der Waals surface area contributed by atoms with Gasteiger partial charge >= 0.3 is 0 Å². The highest BCUT2D eigenvalue weighted by Crippen LogP contribution is 2.39. The highest BCUT2D eigenvalue weighted by Gasteiger charge is 2.38. The van der Waals surface area contributed by atoms with Crippen molar-refractivity contribution in [2.75, 3.05) is 17.9 Å². The van der Waals surface area contributed by atoms with E-state index in [2.05, 4.69) is 27.9 Å². The van der Waals surface area contributed by atoms with Gasteiger partial charge in [0.2, 0.25) is 11.1 Å². The fourth-order valence-corrected chi connectivity index (χ4v) is 4.83. The second-order valence-corrected chi connectivity index (χ2v) is 8.89. The van der Waals surface area contributed by atoms with Gasteiger partial charge in [-0.15, -0.1) is 10.2 Å². The van der Waals surface area contributed by atoms with Gasteiger partial charge < -0.3 is 15.5 Å². The van der Waals surface area contributed by atoms with E-state index in [1.165, 1.54) is 11.8 Å². The van der Waals surface area contributed by atoms with Crippen LogP contribution in [0.5, 0.6) is 5.75 Å². The summed E-state index contributed by atoms with van der Waals surface area (Å²) in [5, 5.41) is 12.3. The van der Waals surface area contributed by atoms with Crippen LogP contribution in [0, 0.1) is 6.92 Å². The first kappa shape index (κ1) is 21.5. The minimum absolute atomic E-state index is 0.121. The van der Waals surface area contributed by atoms with Crippen molar-refractivity contribution < 1.29 is 9.53 Å². The van der Waals surface area contributed by atoms with Crippen LogP contribution in [0.15, 0.2) is 47.6 Å². The molecular weight excluding hydrogens is 434 g/mol. The van der Waals surface area contributed by atoms with Gasteiger partial charge in [0, 0.05) is 12.1 Å². The summed E-state index contributed by atoms with van der Waals surface area (Å²) in [6.07, 6.45) is 1.73. The Balaban J connectivity index is 1.68. The van der Waals surface area contributed by atoms with Gasteiger partial charge in [-0.25, -0.2) is 4.68 Å². The van der Waals surface area contributed by atoms with E-state index in [1.54, 1.807) is 7.11 Å². The van der Waals surface area contributed by atoms with E-state index in [1.807, 2.05) is 54.1 Å². The standard InChI is InChI=1S/C22H24ClN5O2S/c1-4-5-18-25-26-22-28(18)27-19(14-8-11-17(30-3)16(23)12-14)20(31-22)21(29)24-15-9-6-13(2)7-10-15/h6-12,19-20,27H,4-5H2,1-3H3,(H,24,29)/t19-,20+/m1/s1. The lowest BCUT2D eigenvalue weighted by Crippen LogP contribution is -2.41. The predicted octanol–water partition coefficient (Wildman–Crippen LogP) is 4.60. The number of carbonyl (C=O) groups is 1. The molecule has 0 unspecified atom stereocenters. The molecule has 0 saturated carbocycles. The lowest BCUT2D eigenvalue weighted by atomic mass is 10.0. The predicted molar refractivity (Wildman–Crippen MR) is 124 cm³/mol. The number of fused-ring (bicyclic) bond motifs is 1. The molecule has 2 heterocycles. The Morgan fingerprint density at radius 2 is 2.03 bits per heavy atom. The zero-order valence-electron chi connectivity index (χ0n) is 17.6. The second kappa shape index (κ2) is 9.20. The summed E-state index contributed by atoms with van der Waals surface area (Å²) < 4.78 is 7.16. The quantitative estimate of drug-likeness (QED) is 0.563. The number of anilines is 1. The van der Waals surface area contributed by atoms with Crippen molar-refractivity contribution in [1.82, 2.24) is 14.9 Å². The zero-order chi connectivity index (χ0) is 22.0. The molecule has 0 aliphatic carbocycles. The number of halogens is 1. The molecule has 9 heteroatoms. The topological polar surface area (TPSA) is 81.1 Å². The molecule has 1 aromatic heterocycles. The Labute approximate surface area is 190 Å². The van der Waals surface area contributed by atoms with E-state index in [0.29, 0.717) is 15.9 Å². The number of methoxy groups -OCH3 is 1. The molecule has 0 bridgehead atoms. The van der Waals surface area contributed by atoms with Crippen LogP contribution in [0.3, 0.4) is 0 Å². The number of nitrogens with one attached hydrogen (secondary N) is 2. The molecule has 2 N–H and O–H groups in total. The molecule has 7 nitrogen and oxygen atoms in total. The van der Waals surface area contributed by atoms with Gasteiger partial charge in [-0.3, -0.25) is 4.79 Å². The van der Waals surface area contributed by atoms with Crippen LogP contribution in [0.25, 0.3) is 0 Å². The van der Waals surface area contributed by atoms with Gasteiger partial charge in [0.15, 0.2) is 5.82 Å². The molecule has 1 aliphatic heterocycles. The first-order valence-corrected chi connectivity index (χ1v) is 11.3. The molecule has 162 valence electrons. The Bertz CT molecular complexity index is 1090. The summed E-state index contributed by atoms with van der Waals surface area (Å²) in [5.74, 6) is 1.31. The summed E-state index contributed by atoms with van der Waals surface area (Å²) >= 11 is 7.78. The lowest BCUT2D eigenvalue weighted by molar-refractivity contribution is -0.116. The highest BCUT2D eigenvalue weighted by molar-refractivity contribution is 8.00. The molecule has 0 saturated heterocycles. The van der Waals surface area contributed by atoms with Crippen LogP contribution in [-0.4, -0.2) is 33.1 Å². The third kappa shape index (κ3) is 4.50. The Hall–Kier alpha value is -2.71. The molecule has 2 aromatic carbocycles. The van der Waals surface area contributed by atoms with Crippen LogP contribution in [0.4, 0.5) is 5.69 Å². The number of carbonyl (C=O) groups excluding carboxylic acids is 1. The van der Waals surface area contributed by atoms with Gasteiger partial charge in [0.1, 0.15) is 11.0 Å². The van der Waals surface area contributed by atoms with Gasteiger partial charge in [0.05, 0.1) is 18.2 Å². The number of ether oxygens (including phenoxy) is 1. The number of aromatic nitrogens is 3. The Morgan fingerprint density at radius 1 is 1.26 bits per heavy atom. The van der Waals surface area contributed by atoms with Gasteiger partial charge in [-0.1, -0.05) is 54.0 Å². The summed E-state index contributed by atoms with van der Waals surface area (Å²) in [6.45, 7) is 4.10. The zero-order valence-corrected chi connectivity index (χ0v) is 19.1. The van der Waals surface area contributed by atoms with E-state index in [0.717, 1.165) is 35.5 Å². The molecule has 0 fully saturated rings. The van der Waals surface area contributed by atoms with Crippen molar-refractivity contribution in [3.63, 3.8) is 0 Å². The van der Waals surface area contributed by atoms with Crippen LogP contribution in [-0.2, 0) is 11.2 Å². The molecule has 3 aromatic rings. The SMILES string of the molecule is CCCc1nnc2n1N[C@H](c1ccc(OC)c(Cl)c1)[C@@H](C(=O)Nc1ccc(C)cc1)S2. The number of hydrogen-bond donors (Lipinski definition) is 2. The maximum Gasteiger partial charge on any atom is 0.240 e. The average molecular weight is 458 g/mol. The Kier molecular flexibility index (Phi) is 6.38. The van der Waals surface area contributed by atoms with E-state index >= 15 is 0 Å². The molecule has 0 spiro atoms. The number of hydrogen-bond acceptors (Lipinski definition) is 6. The first-order valence-electron chi connectivity index (χ1n) is 10.1. The maximum absolute atomic E-state index is 13.3. The third-order valence-corrected chi connectivity index (χ3v) is 6.60. The summed E-state index contributed by atoms with van der Waals surface area (Å²) in [5.41, 5.74) is 6.21. The lowest BCUT2D eigenvalue weighted by Gasteiger charge is -2.33. The fourth-order valence-electron chi connectivity index (χ4n) is 3.46. The summed E-state index contributed by atoms with van der Waals surface area (Å²) in [7, 11) is 1.58. The minimum atomic E-state index is -0.475. The van der Waals surface area contributed by atoms with E-state index in [-0.39, 0.29) is 11.9 Å². The number of nitrogens with zero attached hydrogens (tertiary/aromatic N) is 3. The van der Waals surface area contributed by atoms with Crippen molar-refractivity contribution in [2.45, 2.75) is 43.1 Å². The van der Waals surface area contributed by atoms with Crippen molar-refractivity contribution in [1.29, 1.82) is 0 Å². The Morgan fingerprint density at radius 3 is 2.71 bits per heavy atom. The van der Waals surface area contributed by atoms with E-state index in [9.17, 15) is 4.79 Å². The number of thioether (sulfide) groups is 1. The number of rotatable bonds is 6. The first-order chi connectivity index (χ1) is 15.0. The number of benzene rings is 2. The molecule has 31 heavy (non-hydrogen) atoms. The molecule has 2 atom stereocenters. The monoisotopic (exact) mass is 457 g/mol. The molecule has 4 rings (SSSR count). The summed E-state index contributed by atoms with van der Waals surface area (Å²) in [6, 6.07) is 13.0. The smallest absolute Gasteiger partial charge is 0.240 e. The van der Waals surface area contributed by atoms with Crippen LogP contribution >= 0.6 is 23.4 Å². The van der Waals surface area contributed by atoms with Gasteiger partial charge in [-0.05, 0) is 43.2 Å². The van der Waals surface area contributed by atoms with Crippen molar-refractivity contribution in [3.05, 3.63) is 64.4 Å². The minimum Gasteiger partial charge on any atom is -0.495 e. The molecule has 1 aliphatic rings. The van der Waals surface area contributed by atoms with Crippen molar-refractivity contribution in [3.8, 4) is 5.75 Å².